The van der Waals surface area contributed by atoms with Gasteiger partial charge in [0.15, 0.2) is 0 Å². The molecule has 0 aromatic rings. The molecule has 0 fully saturated rings. The normalized spacial score (nSPS) is 16.0. The summed E-state index contributed by atoms with van der Waals surface area (Å²) in [5.74, 6) is 0. The van der Waals surface area contributed by atoms with Crippen LogP contribution in [0, 0.1) is 0 Å². The van der Waals surface area contributed by atoms with E-state index >= 15 is 0 Å². The van der Waals surface area contributed by atoms with Gasteiger partial charge in [-0.15, -0.1) is 0 Å². The van der Waals surface area contributed by atoms with E-state index in [0.717, 1.165) is 0 Å². The smallest absolute Gasteiger partial charge is 0.0916 e. The van der Waals surface area contributed by atoms with Crippen LogP contribution in [-0.4, -0.2) is 38.5 Å². The second-order valence-electron chi connectivity index (χ2n) is 4.18. The number of hydrogen-bond acceptors (Lipinski definition) is 6. The van der Waals surface area contributed by atoms with Gasteiger partial charge in [0.25, 0.3) is 0 Å². The van der Waals surface area contributed by atoms with E-state index in [-0.39, 0.29) is 23.2 Å². The van der Waals surface area contributed by atoms with E-state index in [1.165, 1.54) is 12.8 Å². The molecular weight excluding hydrogens is 395 g/mol. The summed E-state index contributed by atoms with van der Waals surface area (Å²) in [6.45, 7) is 0. The molecule has 0 amide bonds. The molecule has 0 spiro atoms. The minimum absolute atomic E-state index is 0.312. The zero-order valence-electron chi connectivity index (χ0n) is 11.6. The first-order valence-corrected chi connectivity index (χ1v) is 11.8. The SMILES string of the molecule is C1=CC[C]([Zr+2][C]2=CC=CC2)=C1.CS(=O)(=O)[O-].CS(=O)(=O)[O-]. The van der Waals surface area contributed by atoms with Crippen LogP contribution in [0.15, 0.2) is 43.0 Å². The van der Waals surface area contributed by atoms with Gasteiger partial charge in [-0.25, -0.2) is 16.8 Å². The Kier molecular flexibility index (Phi) is 9.48. The summed E-state index contributed by atoms with van der Waals surface area (Å²) in [5.41, 5.74) is 0. The molecule has 0 bridgehead atoms. The van der Waals surface area contributed by atoms with Gasteiger partial charge in [0.2, 0.25) is 0 Å². The van der Waals surface area contributed by atoms with E-state index in [1.807, 2.05) is 0 Å². The largest absolute Gasteiger partial charge is 0.748 e. The number of hydrogen-bond donors (Lipinski definition) is 0. The Morgan fingerprint density at radius 1 is 0.857 bits per heavy atom. The van der Waals surface area contributed by atoms with E-state index in [9.17, 15) is 0 Å². The molecule has 2 aliphatic carbocycles. The average Bonchev–Trinajstić information content (AvgIpc) is 2.85. The van der Waals surface area contributed by atoms with Gasteiger partial charge in [-0.1, -0.05) is 0 Å². The molecule has 0 saturated carbocycles. The van der Waals surface area contributed by atoms with Crippen LogP contribution in [0.3, 0.4) is 0 Å². The summed E-state index contributed by atoms with van der Waals surface area (Å²) < 4.78 is 57.9. The zero-order valence-corrected chi connectivity index (χ0v) is 15.7. The quantitative estimate of drug-likeness (QED) is 0.628. The van der Waals surface area contributed by atoms with Gasteiger partial charge in [-0.3, -0.25) is 0 Å². The molecule has 0 radical (unpaired) electrons. The molecule has 0 N–H and O–H groups in total. The van der Waals surface area contributed by atoms with Crippen molar-refractivity contribution in [3.8, 4) is 0 Å². The molecule has 0 heterocycles. The van der Waals surface area contributed by atoms with Crippen molar-refractivity contribution in [3.05, 3.63) is 43.0 Å². The summed E-state index contributed by atoms with van der Waals surface area (Å²) in [5, 5.41) is 0. The molecule has 0 saturated heterocycles. The maximum atomic E-state index is 9.08. The monoisotopic (exact) mass is 410 g/mol. The van der Waals surface area contributed by atoms with E-state index in [0.29, 0.717) is 12.5 Å². The first-order valence-electron chi connectivity index (χ1n) is 5.75. The summed E-state index contributed by atoms with van der Waals surface area (Å²) in [4.78, 5) is 0. The van der Waals surface area contributed by atoms with Crippen molar-refractivity contribution in [1.82, 2.24) is 0 Å². The maximum Gasteiger partial charge on any atom is 0.0916 e. The van der Waals surface area contributed by atoms with Crippen LogP contribution in [0.25, 0.3) is 0 Å². The molecule has 0 aliphatic heterocycles. The van der Waals surface area contributed by atoms with Crippen molar-refractivity contribution in [3.63, 3.8) is 0 Å². The molecule has 0 atom stereocenters. The van der Waals surface area contributed by atoms with Crippen LogP contribution in [-0.2, 0) is 43.5 Å². The van der Waals surface area contributed by atoms with Gasteiger partial charge in [0.1, 0.15) is 0 Å². The molecule has 116 valence electrons. The van der Waals surface area contributed by atoms with E-state index in [4.69, 9.17) is 25.9 Å². The predicted molar refractivity (Wildman–Crippen MR) is 74.9 cm³/mol. The standard InChI is InChI=1S/2C5H5.2CH4O3S.Zr/c2*1-2-4-5-3-1;2*1-5(2,3)4;/h2*1-3H,4H2;2*1H3,(H,2,3,4);/q;;;;+2/p-2. The third kappa shape index (κ3) is 19.7. The third-order valence-electron chi connectivity index (χ3n) is 1.86. The van der Waals surface area contributed by atoms with Crippen molar-refractivity contribution < 1.29 is 49.2 Å². The predicted octanol–water partition coefficient (Wildman–Crippen LogP) is 1.08. The molecule has 0 aromatic heterocycles. The maximum absolute atomic E-state index is 9.08. The second kappa shape index (κ2) is 9.63. The van der Waals surface area contributed by atoms with E-state index in [2.05, 4.69) is 36.5 Å². The Balaban J connectivity index is 0.000000340. The minimum atomic E-state index is -3.92. The van der Waals surface area contributed by atoms with Gasteiger partial charge in [0, 0.05) is 12.5 Å². The summed E-state index contributed by atoms with van der Waals surface area (Å²) in [7, 11) is -7.83. The van der Waals surface area contributed by atoms with Gasteiger partial charge in [-0.2, -0.15) is 0 Å². The Labute approximate surface area is 137 Å². The molecule has 9 heteroatoms. The van der Waals surface area contributed by atoms with Crippen LogP contribution in [0.1, 0.15) is 12.8 Å². The number of allylic oxidation sites excluding steroid dienone is 8. The van der Waals surface area contributed by atoms with Crippen molar-refractivity contribution in [2.45, 2.75) is 12.8 Å². The Morgan fingerprint density at radius 3 is 1.33 bits per heavy atom. The molecule has 21 heavy (non-hydrogen) atoms. The third-order valence-corrected chi connectivity index (χ3v) is 5.27. The zero-order chi connectivity index (χ0) is 16.5. The van der Waals surface area contributed by atoms with Crippen LogP contribution in [0.5, 0.6) is 0 Å². The fourth-order valence-electron chi connectivity index (χ4n) is 1.29. The van der Waals surface area contributed by atoms with Gasteiger partial charge in [0.05, 0.1) is 20.2 Å². The van der Waals surface area contributed by atoms with Gasteiger partial charge >= 0.3 is 79.1 Å². The summed E-state index contributed by atoms with van der Waals surface area (Å²) in [6, 6.07) is 0. The van der Waals surface area contributed by atoms with Gasteiger partial charge < -0.3 is 9.11 Å². The molecule has 6 nitrogen and oxygen atoms in total. The minimum Gasteiger partial charge on any atom is -0.748 e. The van der Waals surface area contributed by atoms with E-state index < -0.39 is 20.2 Å². The van der Waals surface area contributed by atoms with E-state index in [1.54, 1.807) is 6.56 Å². The fourth-order valence-corrected chi connectivity index (χ4v) is 4.26. The summed E-state index contributed by atoms with van der Waals surface area (Å²) >= 11 is -0.312. The van der Waals surface area contributed by atoms with Gasteiger partial charge in [-0.05, 0) is 0 Å². The van der Waals surface area contributed by atoms with Crippen LogP contribution >= 0.6 is 0 Å². The number of rotatable bonds is 2. The Bertz CT molecular complexity index is 580. The second-order valence-corrected chi connectivity index (χ2v) is 10.8. The molecule has 2 rings (SSSR count). The molecule has 0 aromatic carbocycles. The summed E-state index contributed by atoms with van der Waals surface area (Å²) in [6.07, 6.45) is 17.2. The Morgan fingerprint density at radius 2 is 1.14 bits per heavy atom. The van der Waals surface area contributed by atoms with Crippen molar-refractivity contribution in [2.75, 3.05) is 12.5 Å². The topological polar surface area (TPSA) is 114 Å². The van der Waals surface area contributed by atoms with Crippen molar-refractivity contribution in [1.29, 1.82) is 0 Å². The van der Waals surface area contributed by atoms with Crippen LogP contribution < -0.4 is 0 Å². The fraction of sp³-hybridized carbons (Fsp3) is 0.333. The molecular formula is C12H16O6S2Zr. The van der Waals surface area contributed by atoms with Crippen molar-refractivity contribution >= 4 is 20.2 Å². The average molecular weight is 412 g/mol. The first kappa shape index (κ1) is 20.7. The first-order chi connectivity index (χ1) is 9.45. The molecule has 0 unspecified atom stereocenters. The van der Waals surface area contributed by atoms with Crippen molar-refractivity contribution in [2.24, 2.45) is 0 Å². The molecule has 2 aliphatic rings. The Hall–Kier alpha value is -0.337. The van der Waals surface area contributed by atoms with Crippen LogP contribution in [0.4, 0.5) is 0 Å². The van der Waals surface area contributed by atoms with Crippen LogP contribution in [0.2, 0.25) is 0 Å².